The number of halogens is 2. The minimum absolute atomic E-state index is 0.276. The molecule has 20 heavy (non-hydrogen) atoms. The van der Waals surface area contributed by atoms with Crippen molar-refractivity contribution in [2.75, 3.05) is 5.75 Å². The second-order valence-electron chi connectivity index (χ2n) is 4.64. The van der Waals surface area contributed by atoms with Crippen LogP contribution in [-0.2, 0) is 0 Å². The van der Waals surface area contributed by atoms with E-state index in [2.05, 4.69) is 15.5 Å². The molecule has 106 valence electrons. The molecular weight excluding hydrogens is 286 g/mol. The first-order valence-electron chi connectivity index (χ1n) is 6.19. The normalized spacial score (nSPS) is 16.4. The molecule has 1 saturated carbocycles. The van der Waals surface area contributed by atoms with Crippen LogP contribution in [0, 0.1) is 11.6 Å². The van der Waals surface area contributed by atoms with Crippen molar-refractivity contribution in [3.63, 3.8) is 0 Å². The zero-order valence-corrected chi connectivity index (χ0v) is 11.2. The van der Waals surface area contributed by atoms with E-state index in [1.807, 2.05) is 0 Å². The average molecular weight is 298 g/mol. The van der Waals surface area contributed by atoms with Crippen molar-refractivity contribution in [3.8, 4) is 0 Å². The van der Waals surface area contributed by atoms with E-state index in [0.29, 0.717) is 16.8 Å². The lowest BCUT2D eigenvalue weighted by Crippen LogP contribution is -2.04. The molecule has 0 spiro atoms. The van der Waals surface area contributed by atoms with Gasteiger partial charge in [0.05, 0.1) is 12.1 Å². The number of hydrogen-bond donors (Lipinski definition) is 1. The van der Waals surface area contributed by atoms with Crippen LogP contribution in [0.2, 0.25) is 0 Å². The van der Waals surface area contributed by atoms with Crippen LogP contribution in [0.3, 0.4) is 0 Å². The second-order valence-corrected chi connectivity index (χ2v) is 5.62. The molecule has 0 saturated heterocycles. The first-order valence-corrected chi connectivity index (χ1v) is 7.17. The molecule has 1 aromatic heterocycles. The van der Waals surface area contributed by atoms with Gasteiger partial charge in [0.25, 0.3) is 0 Å². The fraction of sp³-hybridized carbons (Fsp3) is 0.417. The van der Waals surface area contributed by atoms with Crippen molar-refractivity contribution in [1.82, 2.24) is 20.2 Å². The highest BCUT2D eigenvalue weighted by Gasteiger charge is 2.28. The molecule has 0 amide bonds. The Morgan fingerprint density at radius 3 is 2.85 bits per heavy atom. The minimum Gasteiger partial charge on any atom is -0.388 e. The quantitative estimate of drug-likeness (QED) is 0.857. The van der Waals surface area contributed by atoms with Gasteiger partial charge in [-0.25, -0.2) is 13.5 Å². The minimum atomic E-state index is -0.964. The van der Waals surface area contributed by atoms with E-state index in [0.717, 1.165) is 25.0 Å². The predicted octanol–water partition coefficient (Wildman–Crippen LogP) is 2.11. The summed E-state index contributed by atoms with van der Waals surface area (Å²) >= 11 is 1.30. The smallest absolute Gasteiger partial charge is 0.209 e. The Kier molecular flexibility index (Phi) is 3.66. The van der Waals surface area contributed by atoms with Gasteiger partial charge in [-0.2, -0.15) is 0 Å². The van der Waals surface area contributed by atoms with Crippen molar-refractivity contribution in [3.05, 3.63) is 35.4 Å². The van der Waals surface area contributed by atoms with Crippen molar-refractivity contribution < 1.29 is 13.9 Å². The molecule has 0 bridgehead atoms. The largest absolute Gasteiger partial charge is 0.388 e. The van der Waals surface area contributed by atoms with E-state index in [1.54, 1.807) is 4.68 Å². The van der Waals surface area contributed by atoms with Gasteiger partial charge in [0.1, 0.15) is 0 Å². The van der Waals surface area contributed by atoms with Gasteiger partial charge in [-0.1, -0.05) is 17.8 Å². The van der Waals surface area contributed by atoms with E-state index < -0.39 is 17.7 Å². The fourth-order valence-electron chi connectivity index (χ4n) is 1.80. The summed E-state index contributed by atoms with van der Waals surface area (Å²) in [6, 6.07) is 3.73. The number of rotatable bonds is 5. The van der Waals surface area contributed by atoms with E-state index in [1.165, 1.54) is 17.8 Å². The van der Waals surface area contributed by atoms with E-state index in [4.69, 9.17) is 0 Å². The maximum Gasteiger partial charge on any atom is 0.209 e. The Balaban J connectivity index is 1.65. The van der Waals surface area contributed by atoms with Gasteiger partial charge in [0, 0.05) is 5.75 Å². The van der Waals surface area contributed by atoms with Crippen LogP contribution in [0.25, 0.3) is 0 Å². The summed E-state index contributed by atoms with van der Waals surface area (Å²) in [5, 5.41) is 22.0. The molecule has 1 aromatic carbocycles. The molecule has 1 unspecified atom stereocenters. The predicted molar refractivity (Wildman–Crippen MR) is 68.1 cm³/mol. The Hall–Kier alpha value is -1.54. The molecule has 3 rings (SSSR count). The Morgan fingerprint density at radius 1 is 1.35 bits per heavy atom. The molecule has 1 atom stereocenters. The lowest BCUT2D eigenvalue weighted by atomic mass is 10.1. The molecule has 1 aliphatic rings. The van der Waals surface area contributed by atoms with Crippen LogP contribution in [0.5, 0.6) is 0 Å². The summed E-state index contributed by atoms with van der Waals surface area (Å²) in [5.41, 5.74) is 0.335. The fourth-order valence-corrected chi connectivity index (χ4v) is 2.71. The number of thioether (sulfide) groups is 1. The van der Waals surface area contributed by atoms with Gasteiger partial charge in [0.15, 0.2) is 11.6 Å². The molecule has 1 aliphatic carbocycles. The molecule has 5 nitrogen and oxygen atoms in total. The molecule has 0 aliphatic heterocycles. The first-order chi connectivity index (χ1) is 9.65. The number of aliphatic hydroxyl groups excluding tert-OH is 1. The van der Waals surface area contributed by atoms with E-state index >= 15 is 0 Å². The van der Waals surface area contributed by atoms with Gasteiger partial charge in [0.2, 0.25) is 5.16 Å². The van der Waals surface area contributed by atoms with Gasteiger partial charge in [-0.3, -0.25) is 0 Å². The zero-order chi connectivity index (χ0) is 14.1. The van der Waals surface area contributed by atoms with Crippen LogP contribution in [-0.4, -0.2) is 31.1 Å². The van der Waals surface area contributed by atoms with Gasteiger partial charge in [-0.15, -0.1) is 5.10 Å². The SMILES string of the molecule is OC(CSc1nnnn1C1CC1)c1ccc(F)c(F)c1. The second kappa shape index (κ2) is 5.45. The highest BCUT2D eigenvalue weighted by Crippen LogP contribution is 2.36. The van der Waals surface area contributed by atoms with Crippen LogP contribution in [0.1, 0.15) is 30.6 Å². The standard InChI is InChI=1S/C12H12F2N4OS/c13-9-4-1-7(5-10(9)14)11(19)6-20-12-15-16-17-18(12)8-2-3-8/h1,4-5,8,11,19H,2-3,6H2. The molecule has 8 heteroatoms. The molecule has 0 radical (unpaired) electrons. The van der Waals surface area contributed by atoms with E-state index in [9.17, 15) is 13.9 Å². The van der Waals surface area contributed by atoms with Crippen LogP contribution >= 0.6 is 11.8 Å². The van der Waals surface area contributed by atoms with Gasteiger partial charge >= 0.3 is 0 Å². The third kappa shape index (κ3) is 2.80. The number of aromatic nitrogens is 4. The summed E-state index contributed by atoms with van der Waals surface area (Å²) in [6.07, 6.45) is 1.22. The van der Waals surface area contributed by atoms with Crippen LogP contribution in [0.15, 0.2) is 23.4 Å². The summed E-state index contributed by atoms with van der Waals surface area (Å²) < 4.78 is 27.7. The molecule has 1 N–H and O–H groups in total. The number of hydrogen-bond acceptors (Lipinski definition) is 5. The maximum absolute atomic E-state index is 13.1. The monoisotopic (exact) mass is 298 g/mol. The summed E-state index contributed by atoms with van der Waals surface area (Å²) in [4.78, 5) is 0. The Morgan fingerprint density at radius 2 is 2.15 bits per heavy atom. The van der Waals surface area contributed by atoms with E-state index in [-0.39, 0.29) is 5.75 Å². The third-order valence-corrected chi connectivity index (χ3v) is 4.06. The van der Waals surface area contributed by atoms with Crippen molar-refractivity contribution >= 4 is 11.8 Å². The summed E-state index contributed by atoms with van der Waals surface area (Å²) in [7, 11) is 0. The first kappa shape index (κ1) is 13.4. The van der Waals surface area contributed by atoms with Crippen LogP contribution in [0.4, 0.5) is 8.78 Å². The Labute approximate surface area is 118 Å². The highest BCUT2D eigenvalue weighted by molar-refractivity contribution is 7.99. The maximum atomic E-state index is 13.1. The molecule has 2 aromatic rings. The van der Waals surface area contributed by atoms with Crippen molar-refractivity contribution in [1.29, 1.82) is 0 Å². The van der Waals surface area contributed by atoms with Gasteiger partial charge < -0.3 is 5.11 Å². The summed E-state index contributed by atoms with van der Waals surface area (Å²) in [5.74, 6) is -1.61. The molecule has 1 heterocycles. The molecule has 1 fully saturated rings. The van der Waals surface area contributed by atoms with Gasteiger partial charge in [-0.05, 0) is 41.0 Å². The highest BCUT2D eigenvalue weighted by atomic mass is 32.2. The summed E-state index contributed by atoms with van der Waals surface area (Å²) in [6.45, 7) is 0. The average Bonchev–Trinajstić information content (AvgIpc) is 3.18. The van der Waals surface area contributed by atoms with Crippen molar-refractivity contribution in [2.45, 2.75) is 30.1 Å². The zero-order valence-electron chi connectivity index (χ0n) is 10.4. The lowest BCUT2D eigenvalue weighted by Gasteiger charge is -2.10. The number of nitrogens with zero attached hydrogens (tertiary/aromatic N) is 4. The van der Waals surface area contributed by atoms with Crippen molar-refractivity contribution in [2.24, 2.45) is 0 Å². The van der Waals surface area contributed by atoms with Crippen LogP contribution < -0.4 is 0 Å². The number of benzene rings is 1. The topological polar surface area (TPSA) is 63.8 Å². The number of tetrazole rings is 1. The third-order valence-electron chi connectivity index (χ3n) is 3.05. The lowest BCUT2D eigenvalue weighted by molar-refractivity contribution is 0.203. The molecular formula is C12H12F2N4OS. The number of aliphatic hydroxyl groups is 1. The Bertz CT molecular complexity index is 617.